The molecule has 0 radical (unpaired) electrons. The molecule has 0 spiro atoms. The lowest BCUT2D eigenvalue weighted by atomic mass is 9.88. The number of alkyl halides is 3. The van der Waals surface area contributed by atoms with E-state index in [9.17, 15) is 18.0 Å². The van der Waals surface area contributed by atoms with E-state index in [4.69, 9.17) is 14.2 Å². The van der Waals surface area contributed by atoms with Gasteiger partial charge in [0, 0.05) is 69.7 Å². The number of hydrogen-bond donors (Lipinski definition) is 1. The molecule has 0 aromatic carbocycles. The van der Waals surface area contributed by atoms with Crippen LogP contribution in [0.15, 0.2) is 12.3 Å². The van der Waals surface area contributed by atoms with Gasteiger partial charge in [0.05, 0.1) is 30.3 Å². The highest BCUT2D eigenvalue weighted by Crippen LogP contribution is 2.43. The van der Waals surface area contributed by atoms with Gasteiger partial charge in [-0.1, -0.05) is 0 Å². The fourth-order valence-corrected chi connectivity index (χ4v) is 5.93. The maximum atomic E-state index is 13.8. The van der Waals surface area contributed by atoms with Crippen molar-refractivity contribution in [2.45, 2.75) is 62.7 Å². The molecule has 1 aliphatic carbocycles. The molecule has 1 aromatic rings. The molecule has 5 rings (SSSR count). The zero-order valence-electron chi connectivity index (χ0n) is 18.6. The average molecular weight is 470 g/mol. The van der Waals surface area contributed by atoms with Gasteiger partial charge in [-0.25, -0.2) is 0 Å². The third kappa shape index (κ3) is 4.50. The Balaban J connectivity index is 1.34. The normalized spacial score (nSPS) is 34.2. The Bertz CT molecular complexity index is 883. The number of fused-ring (bicyclic) bond motifs is 2. The largest absolute Gasteiger partial charge is 0.417 e. The van der Waals surface area contributed by atoms with E-state index in [1.807, 2.05) is 0 Å². The van der Waals surface area contributed by atoms with E-state index < -0.39 is 11.7 Å². The fourth-order valence-electron chi connectivity index (χ4n) is 5.93. The van der Waals surface area contributed by atoms with Gasteiger partial charge in [0.15, 0.2) is 0 Å². The first-order valence-electron chi connectivity index (χ1n) is 11.7. The lowest BCUT2D eigenvalue weighted by Crippen LogP contribution is -2.55. The number of aromatic nitrogens is 1. The predicted molar refractivity (Wildman–Crippen MR) is 111 cm³/mol. The molecule has 2 saturated heterocycles. The minimum Gasteiger partial charge on any atom is -0.379 e. The molecule has 3 aliphatic heterocycles. The van der Waals surface area contributed by atoms with E-state index in [0.29, 0.717) is 44.0 Å². The lowest BCUT2D eigenvalue weighted by Gasteiger charge is -2.37. The summed E-state index contributed by atoms with van der Waals surface area (Å²) < 4.78 is 56.6. The van der Waals surface area contributed by atoms with Gasteiger partial charge >= 0.3 is 6.18 Å². The molecule has 1 aromatic heterocycles. The number of rotatable bonds is 4. The Morgan fingerprint density at radius 1 is 1.27 bits per heavy atom. The Morgan fingerprint density at radius 3 is 2.91 bits per heavy atom. The zero-order valence-corrected chi connectivity index (χ0v) is 18.6. The summed E-state index contributed by atoms with van der Waals surface area (Å²) in [5.74, 6) is -0.149. The molecule has 6 atom stereocenters. The van der Waals surface area contributed by atoms with Crippen molar-refractivity contribution in [3.8, 4) is 0 Å². The van der Waals surface area contributed by atoms with E-state index in [-0.39, 0.29) is 48.6 Å². The van der Waals surface area contributed by atoms with Crippen molar-refractivity contribution < 1.29 is 32.2 Å². The predicted octanol–water partition coefficient (Wildman–Crippen LogP) is 2.17. The summed E-state index contributed by atoms with van der Waals surface area (Å²) in [7, 11) is 1.66. The monoisotopic (exact) mass is 469 g/mol. The summed E-state index contributed by atoms with van der Waals surface area (Å²) in [6.45, 7) is 2.42. The smallest absolute Gasteiger partial charge is 0.379 e. The van der Waals surface area contributed by atoms with E-state index in [1.54, 1.807) is 12.0 Å². The van der Waals surface area contributed by atoms with Crippen LogP contribution in [0.4, 0.5) is 13.2 Å². The maximum absolute atomic E-state index is 13.8. The molecule has 1 N–H and O–H groups in total. The van der Waals surface area contributed by atoms with Crippen molar-refractivity contribution in [1.82, 2.24) is 15.2 Å². The number of ether oxygens (including phenoxy) is 3. The van der Waals surface area contributed by atoms with Crippen LogP contribution in [0.25, 0.3) is 0 Å². The van der Waals surface area contributed by atoms with Crippen molar-refractivity contribution in [3.63, 3.8) is 0 Å². The number of carbonyl (C=O) groups excluding carboxylic acids is 1. The Morgan fingerprint density at radius 2 is 2.12 bits per heavy atom. The van der Waals surface area contributed by atoms with Crippen LogP contribution in [0, 0.1) is 11.8 Å². The summed E-state index contributed by atoms with van der Waals surface area (Å²) in [5, 5.41) is 3.67. The zero-order chi connectivity index (χ0) is 23.2. The second-order valence-corrected chi connectivity index (χ2v) is 9.48. The third-order valence-corrected chi connectivity index (χ3v) is 7.64. The quantitative estimate of drug-likeness (QED) is 0.729. The van der Waals surface area contributed by atoms with Crippen molar-refractivity contribution in [2.75, 3.05) is 33.5 Å². The Hall–Kier alpha value is -1.75. The molecule has 7 nitrogen and oxygen atoms in total. The molecule has 1 saturated carbocycles. The first-order chi connectivity index (χ1) is 15.8. The summed E-state index contributed by atoms with van der Waals surface area (Å²) in [6, 6.07) is 1.16. The molecule has 182 valence electrons. The maximum Gasteiger partial charge on any atom is 0.417 e. The topological polar surface area (TPSA) is 72.9 Å². The highest BCUT2D eigenvalue weighted by molar-refractivity contribution is 5.81. The van der Waals surface area contributed by atoms with Gasteiger partial charge in [-0.15, -0.1) is 0 Å². The molecule has 0 unspecified atom stereocenters. The number of amides is 1. The number of hydrogen-bond acceptors (Lipinski definition) is 6. The second-order valence-electron chi connectivity index (χ2n) is 9.48. The molecule has 4 aliphatic rings. The van der Waals surface area contributed by atoms with Gasteiger partial charge in [0.25, 0.3) is 0 Å². The van der Waals surface area contributed by atoms with Crippen molar-refractivity contribution in [1.29, 1.82) is 0 Å². The standard InChI is InChI=1S/C23H30F3N3O4/c1-31-20-12-32-6-4-17(20)28-18-9-19-15(3-7-33-19)21(18)22(30)29-5-2-16-13(11-29)8-14(10-27-16)23(24,25)26/h8,10,15,17-21,28H,2-7,9,11-12H2,1H3/t15-,17+,18-,19-,20-,21+/m1/s1. The Labute approximate surface area is 191 Å². The minimum absolute atomic E-state index is 0.00501. The number of pyridine rings is 1. The molecular weight excluding hydrogens is 439 g/mol. The van der Waals surface area contributed by atoms with Crippen LogP contribution in [-0.4, -0.2) is 73.6 Å². The van der Waals surface area contributed by atoms with Gasteiger partial charge in [0.1, 0.15) is 0 Å². The van der Waals surface area contributed by atoms with Crippen LogP contribution in [-0.2, 0) is 38.1 Å². The first kappa shape index (κ1) is 23.0. The van der Waals surface area contributed by atoms with Crippen LogP contribution in [0.1, 0.15) is 36.1 Å². The third-order valence-electron chi connectivity index (χ3n) is 7.64. The van der Waals surface area contributed by atoms with Gasteiger partial charge in [0.2, 0.25) is 5.91 Å². The van der Waals surface area contributed by atoms with Gasteiger partial charge in [-0.05, 0) is 30.9 Å². The molecular formula is C23H30F3N3O4. The SMILES string of the molecule is CO[C@@H]1COCC[C@@H]1N[C@@H]1C[C@H]2OCC[C@H]2[C@@H]1C(=O)N1CCc2ncc(C(F)(F)F)cc2C1. The summed E-state index contributed by atoms with van der Waals surface area (Å²) in [5.41, 5.74) is 0.348. The number of halogens is 3. The lowest BCUT2D eigenvalue weighted by molar-refractivity contribution is -0.139. The van der Waals surface area contributed by atoms with Gasteiger partial charge < -0.3 is 24.4 Å². The minimum atomic E-state index is -4.45. The second kappa shape index (κ2) is 9.13. The van der Waals surface area contributed by atoms with E-state index in [2.05, 4.69) is 10.3 Å². The van der Waals surface area contributed by atoms with Crippen LogP contribution < -0.4 is 5.32 Å². The average Bonchev–Trinajstić information content (AvgIpc) is 3.38. The number of nitrogens with zero attached hydrogens (tertiary/aromatic N) is 2. The van der Waals surface area contributed by atoms with Crippen LogP contribution >= 0.6 is 0 Å². The van der Waals surface area contributed by atoms with Gasteiger partial charge in [-0.3, -0.25) is 9.78 Å². The number of nitrogens with one attached hydrogen (secondary N) is 1. The van der Waals surface area contributed by atoms with Crippen molar-refractivity contribution in [3.05, 3.63) is 29.1 Å². The molecule has 4 heterocycles. The van der Waals surface area contributed by atoms with Crippen LogP contribution in [0.2, 0.25) is 0 Å². The first-order valence-corrected chi connectivity index (χ1v) is 11.7. The van der Waals surface area contributed by atoms with Crippen molar-refractivity contribution in [2.24, 2.45) is 11.8 Å². The molecule has 10 heteroatoms. The van der Waals surface area contributed by atoms with Crippen LogP contribution in [0.3, 0.4) is 0 Å². The fraction of sp³-hybridized carbons (Fsp3) is 0.739. The van der Waals surface area contributed by atoms with E-state index in [1.165, 1.54) is 0 Å². The highest BCUT2D eigenvalue weighted by atomic mass is 19.4. The molecule has 0 bridgehead atoms. The molecule has 1 amide bonds. The summed E-state index contributed by atoms with van der Waals surface area (Å²) in [6.07, 6.45) is -0.782. The van der Waals surface area contributed by atoms with Crippen molar-refractivity contribution >= 4 is 5.91 Å². The molecule has 3 fully saturated rings. The number of methoxy groups -OCH3 is 1. The van der Waals surface area contributed by atoms with E-state index in [0.717, 1.165) is 31.5 Å². The van der Waals surface area contributed by atoms with E-state index >= 15 is 0 Å². The summed E-state index contributed by atoms with van der Waals surface area (Å²) in [4.78, 5) is 19.5. The highest BCUT2D eigenvalue weighted by Gasteiger charge is 2.52. The Kier molecular flexibility index (Phi) is 6.37. The summed E-state index contributed by atoms with van der Waals surface area (Å²) >= 11 is 0. The molecule has 33 heavy (non-hydrogen) atoms. The van der Waals surface area contributed by atoms with Crippen LogP contribution in [0.5, 0.6) is 0 Å². The van der Waals surface area contributed by atoms with Gasteiger partial charge in [-0.2, -0.15) is 13.2 Å². The number of carbonyl (C=O) groups is 1.